The van der Waals surface area contributed by atoms with Crippen LogP contribution in [-0.4, -0.2) is 47.9 Å². The van der Waals surface area contributed by atoms with Crippen LogP contribution in [0.15, 0.2) is 33.9 Å². The van der Waals surface area contributed by atoms with E-state index in [0.29, 0.717) is 23.1 Å². The summed E-state index contributed by atoms with van der Waals surface area (Å²) < 4.78 is 27.7. The lowest BCUT2D eigenvalue weighted by Gasteiger charge is -2.55. The minimum absolute atomic E-state index is 0.0423. The lowest BCUT2D eigenvalue weighted by molar-refractivity contribution is -0.0395. The molecule has 2 atom stereocenters. The first-order chi connectivity index (χ1) is 15.0. The van der Waals surface area contributed by atoms with Gasteiger partial charge in [-0.15, -0.1) is 0 Å². The third-order valence-electron chi connectivity index (χ3n) is 6.44. The van der Waals surface area contributed by atoms with E-state index in [1.54, 1.807) is 12.3 Å². The van der Waals surface area contributed by atoms with Gasteiger partial charge < -0.3 is 15.0 Å². The standard InChI is InChI=1S/C23H33BrN4O3S/c1-16-17(11-19(15-26-16)32(29)30)13-23(4)8-5-7-22(2,3)28(23)9-6-10-31-21-20(25)12-18(24)14-27-21/h11-12,14-15H,5-10,13,25H2,1-4H3,(H,29,30). The fourth-order valence-electron chi connectivity index (χ4n) is 4.85. The van der Waals surface area contributed by atoms with Gasteiger partial charge in [0, 0.05) is 40.2 Å². The first kappa shape index (κ1) is 25.1. The molecule has 0 bridgehead atoms. The van der Waals surface area contributed by atoms with E-state index in [9.17, 15) is 8.76 Å². The van der Waals surface area contributed by atoms with Crippen molar-refractivity contribution in [2.75, 3.05) is 18.9 Å². The number of aryl methyl sites for hydroxylation is 1. The van der Waals surface area contributed by atoms with Gasteiger partial charge in [0.2, 0.25) is 5.88 Å². The van der Waals surface area contributed by atoms with Crippen molar-refractivity contribution in [1.29, 1.82) is 0 Å². The predicted molar refractivity (Wildman–Crippen MR) is 131 cm³/mol. The van der Waals surface area contributed by atoms with Crippen molar-refractivity contribution in [2.24, 2.45) is 0 Å². The first-order valence-corrected chi connectivity index (χ1v) is 12.8. The van der Waals surface area contributed by atoms with Gasteiger partial charge in [0.1, 0.15) is 0 Å². The van der Waals surface area contributed by atoms with Gasteiger partial charge in [-0.1, -0.05) is 0 Å². The smallest absolute Gasteiger partial charge is 0.237 e. The second-order valence-corrected chi connectivity index (χ2v) is 11.3. The van der Waals surface area contributed by atoms with Crippen LogP contribution in [0, 0.1) is 6.92 Å². The average molecular weight is 526 g/mol. The number of likely N-dealkylation sites (tertiary alicyclic amines) is 1. The maximum Gasteiger partial charge on any atom is 0.237 e. The molecule has 1 fully saturated rings. The molecule has 0 amide bonds. The number of nitrogen functional groups attached to an aromatic ring is 1. The van der Waals surface area contributed by atoms with E-state index >= 15 is 0 Å². The van der Waals surface area contributed by atoms with Crippen molar-refractivity contribution in [3.63, 3.8) is 0 Å². The molecule has 3 N–H and O–H groups in total. The summed E-state index contributed by atoms with van der Waals surface area (Å²) in [5.41, 5.74) is 8.40. The fourth-order valence-corrected chi connectivity index (χ4v) is 5.59. The quantitative estimate of drug-likeness (QED) is 0.379. The van der Waals surface area contributed by atoms with Crippen LogP contribution in [0.2, 0.25) is 0 Å². The van der Waals surface area contributed by atoms with E-state index in [-0.39, 0.29) is 11.1 Å². The van der Waals surface area contributed by atoms with Crippen molar-refractivity contribution >= 4 is 32.7 Å². The molecule has 3 heterocycles. The van der Waals surface area contributed by atoms with Crippen molar-refractivity contribution in [2.45, 2.75) is 75.8 Å². The SMILES string of the molecule is Cc1ncc(S(=O)O)cc1CC1(C)CCCC(C)(C)N1CCCOc1ncc(Br)cc1N. The Morgan fingerprint density at radius 1 is 1.25 bits per heavy atom. The highest BCUT2D eigenvalue weighted by atomic mass is 79.9. The third kappa shape index (κ3) is 5.87. The monoisotopic (exact) mass is 524 g/mol. The number of nitrogens with zero attached hydrogens (tertiary/aromatic N) is 3. The van der Waals surface area contributed by atoms with Crippen LogP contribution in [0.4, 0.5) is 5.69 Å². The lowest BCUT2D eigenvalue weighted by Crippen LogP contribution is -2.61. The normalized spacial score (nSPS) is 21.9. The Hall–Kier alpha value is -1.55. The molecule has 3 rings (SSSR count). The van der Waals surface area contributed by atoms with Gasteiger partial charge in [0.05, 0.1) is 17.2 Å². The first-order valence-electron chi connectivity index (χ1n) is 10.9. The van der Waals surface area contributed by atoms with Crippen molar-refractivity contribution < 1.29 is 13.5 Å². The summed E-state index contributed by atoms with van der Waals surface area (Å²) in [5, 5.41) is 0. The number of piperidine rings is 1. The summed E-state index contributed by atoms with van der Waals surface area (Å²) in [6.45, 7) is 10.3. The molecule has 0 aliphatic carbocycles. The zero-order valence-electron chi connectivity index (χ0n) is 19.2. The number of pyridine rings is 2. The molecule has 1 aliphatic heterocycles. The molecular weight excluding hydrogens is 492 g/mol. The molecule has 1 aliphatic rings. The number of rotatable bonds is 8. The second-order valence-electron chi connectivity index (χ2n) is 9.41. The van der Waals surface area contributed by atoms with Gasteiger partial charge in [0.15, 0.2) is 11.1 Å². The molecule has 7 nitrogen and oxygen atoms in total. The Labute approximate surface area is 201 Å². The van der Waals surface area contributed by atoms with Gasteiger partial charge >= 0.3 is 0 Å². The highest BCUT2D eigenvalue weighted by Gasteiger charge is 2.43. The van der Waals surface area contributed by atoms with Gasteiger partial charge in [-0.2, -0.15) is 0 Å². The molecule has 2 unspecified atom stereocenters. The summed E-state index contributed by atoms with van der Waals surface area (Å²) in [6, 6.07) is 3.62. The molecule has 0 radical (unpaired) electrons. The zero-order chi connectivity index (χ0) is 23.5. The van der Waals surface area contributed by atoms with E-state index in [1.165, 1.54) is 6.20 Å². The number of anilines is 1. The molecule has 1 saturated heterocycles. The highest BCUT2D eigenvalue weighted by Crippen LogP contribution is 2.41. The molecule has 9 heteroatoms. The number of halogens is 1. The number of hydrogen-bond donors (Lipinski definition) is 2. The van der Waals surface area contributed by atoms with Crippen molar-refractivity contribution in [3.05, 3.63) is 40.3 Å². The molecule has 32 heavy (non-hydrogen) atoms. The minimum atomic E-state index is -2.03. The van der Waals surface area contributed by atoms with Gasteiger partial charge in [-0.25, -0.2) is 9.19 Å². The maximum absolute atomic E-state index is 11.6. The zero-order valence-corrected chi connectivity index (χ0v) is 21.6. The molecule has 176 valence electrons. The van der Waals surface area contributed by atoms with Gasteiger partial charge in [-0.3, -0.25) is 9.88 Å². The number of hydrogen-bond acceptors (Lipinski definition) is 6. The maximum atomic E-state index is 11.6. The van der Waals surface area contributed by atoms with E-state index in [1.807, 2.05) is 13.0 Å². The Balaban J connectivity index is 1.73. The molecular formula is C23H33BrN4O3S. The van der Waals surface area contributed by atoms with Crippen molar-refractivity contribution in [3.8, 4) is 5.88 Å². The number of ether oxygens (including phenoxy) is 1. The summed E-state index contributed by atoms with van der Waals surface area (Å²) in [7, 11) is 0. The number of nitrogens with two attached hydrogens (primary N) is 1. The Bertz CT molecular complexity index is 988. The highest BCUT2D eigenvalue weighted by molar-refractivity contribution is 9.10. The molecule has 0 saturated carbocycles. The average Bonchev–Trinajstić information content (AvgIpc) is 2.69. The van der Waals surface area contributed by atoms with Gasteiger partial charge in [0.25, 0.3) is 0 Å². The van der Waals surface area contributed by atoms with Crippen LogP contribution in [0.5, 0.6) is 5.88 Å². The molecule has 2 aromatic heterocycles. The van der Waals surface area contributed by atoms with Crippen LogP contribution >= 0.6 is 15.9 Å². The number of aromatic nitrogens is 2. The van der Waals surface area contributed by atoms with Gasteiger partial charge in [-0.05, 0) is 93.4 Å². The fraction of sp³-hybridized carbons (Fsp3) is 0.565. The van der Waals surface area contributed by atoms with E-state index in [0.717, 1.165) is 54.4 Å². The molecule has 0 spiro atoms. The predicted octanol–water partition coefficient (Wildman–Crippen LogP) is 4.75. The second kappa shape index (κ2) is 10.2. The lowest BCUT2D eigenvalue weighted by atomic mass is 9.75. The van der Waals surface area contributed by atoms with E-state index < -0.39 is 11.1 Å². The van der Waals surface area contributed by atoms with E-state index in [2.05, 4.69) is 51.6 Å². The summed E-state index contributed by atoms with van der Waals surface area (Å²) in [6.07, 6.45) is 8.12. The largest absolute Gasteiger partial charge is 0.476 e. The third-order valence-corrected chi connectivity index (χ3v) is 7.50. The molecule has 0 aromatic carbocycles. The van der Waals surface area contributed by atoms with Crippen LogP contribution in [0.1, 0.15) is 57.7 Å². The van der Waals surface area contributed by atoms with Crippen LogP contribution < -0.4 is 10.5 Å². The Morgan fingerprint density at radius 3 is 2.69 bits per heavy atom. The minimum Gasteiger partial charge on any atom is -0.476 e. The van der Waals surface area contributed by atoms with Crippen LogP contribution in [0.3, 0.4) is 0 Å². The molecule has 2 aromatic rings. The summed E-state index contributed by atoms with van der Waals surface area (Å²) in [4.78, 5) is 11.5. The Kier molecular flexibility index (Phi) is 7.96. The van der Waals surface area contributed by atoms with Crippen LogP contribution in [0.25, 0.3) is 0 Å². The summed E-state index contributed by atoms with van der Waals surface area (Å²) in [5.74, 6) is 0.462. The van der Waals surface area contributed by atoms with E-state index in [4.69, 9.17) is 10.5 Å². The Morgan fingerprint density at radius 2 is 2.00 bits per heavy atom. The van der Waals surface area contributed by atoms with Crippen molar-refractivity contribution in [1.82, 2.24) is 14.9 Å². The summed E-state index contributed by atoms with van der Waals surface area (Å²) >= 11 is 1.33. The topological polar surface area (TPSA) is 102 Å². The van der Waals surface area contributed by atoms with Crippen LogP contribution in [-0.2, 0) is 17.5 Å².